The zero-order chi connectivity index (χ0) is 35.1. The van der Waals surface area contributed by atoms with Crippen molar-refractivity contribution in [3.05, 3.63) is 95.1 Å². The van der Waals surface area contributed by atoms with Crippen LogP contribution in [0.1, 0.15) is 75.6 Å². The Labute approximate surface area is 261 Å². The first kappa shape index (κ1) is 40.1. The van der Waals surface area contributed by atoms with Gasteiger partial charge in [0.05, 0.1) is 5.56 Å². The van der Waals surface area contributed by atoms with Gasteiger partial charge in [0.2, 0.25) is 0 Å². The standard InChI is InChI=1S/C11H13F3.C9H12O2.2C6H6O3.C2H6/c1-7(2)9-4-8(3)5-10(6-9)11(12,13)14;1-6(2)7-3-4-8(10)9(11)5-7;2*7-4-1-5(8)3-6(9)2-4;1-2/h4-7H,1-3H3;3-6,10-11H,1-2H3;2*1-3,7-9H;1-2H3. The van der Waals surface area contributed by atoms with Gasteiger partial charge in [-0.1, -0.05) is 59.2 Å². The SMILES string of the molecule is CC.CC(C)c1ccc(O)c(O)c1.Cc1cc(C(C)C)cc(C(F)(F)F)c1.Oc1cc(O)cc(O)c1.Oc1cc(O)cc(O)c1. The smallest absolute Gasteiger partial charge is 0.416 e. The fourth-order valence-corrected chi connectivity index (χ4v) is 3.37. The molecule has 8 N–H and O–H groups in total. The van der Waals surface area contributed by atoms with Gasteiger partial charge < -0.3 is 40.9 Å². The minimum Gasteiger partial charge on any atom is -0.508 e. The first-order chi connectivity index (χ1) is 20.8. The van der Waals surface area contributed by atoms with Crippen LogP contribution in [-0.2, 0) is 6.18 Å². The lowest BCUT2D eigenvalue weighted by atomic mass is 9.98. The number of hydrogen-bond acceptors (Lipinski definition) is 8. The summed E-state index contributed by atoms with van der Waals surface area (Å²) in [7, 11) is 0. The molecule has 0 heterocycles. The summed E-state index contributed by atoms with van der Waals surface area (Å²) in [6.45, 7) is 13.5. The van der Waals surface area contributed by atoms with E-state index in [9.17, 15) is 13.2 Å². The zero-order valence-electron chi connectivity index (χ0n) is 26.3. The first-order valence-electron chi connectivity index (χ1n) is 13.9. The first-order valence-corrected chi connectivity index (χ1v) is 13.9. The normalized spacial score (nSPS) is 10.2. The summed E-state index contributed by atoms with van der Waals surface area (Å²) in [4.78, 5) is 0. The highest BCUT2D eigenvalue weighted by molar-refractivity contribution is 5.42. The predicted octanol–water partition coefficient (Wildman–Crippen LogP) is 8.99. The van der Waals surface area contributed by atoms with E-state index < -0.39 is 11.7 Å². The van der Waals surface area contributed by atoms with Gasteiger partial charge >= 0.3 is 6.18 Å². The molecule has 8 nitrogen and oxygen atoms in total. The van der Waals surface area contributed by atoms with Crippen LogP contribution in [0.15, 0.2) is 72.8 Å². The van der Waals surface area contributed by atoms with E-state index in [1.54, 1.807) is 25.1 Å². The number of aryl methyl sites for hydroxylation is 1. The molecule has 0 aliphatic carbocycles. The van der Waals surface area contributed by atoms with Gasteiger partial charge in [0.1, 0.15) is 34.5 Å². The molecule has 0 spiro atoms. The Bertz CT molecular complexity index is 1320. The third-order valence-corrected chi connectivity index (χ3v) is 5.53. The summed E-state index contributed by atoms with van der Waals surface area (Å²) in [5, 5.41) is 70.1. The number of halogens is 3. The monoisotopic (exact) mass is 636 g/mol. The van der Waals surface area contributed by atoms with Crippen molar-refractivity contribution in [1.82, 2.24) is 0 Å². The number of phenols is 8. The summed E-state index contributed by atoms with van der Waals surface area (Å²) in [6, 6.07) is 15.9. The van der Waals surface area contributed by atoms with Gasteiger partial charge in [-0.3, -0.25) is 0 Å². The molecular weight excluding hydrogens is 593 g/mol. The van der Waals surface area contributed by atoms with E-state index >= 15 is 0 Å². The van der Waals surface area contributed by atoms with E-state index in [-0.39, 0.29) is 51.9 Å². The molecular formula is C34H43F3O8. The lowest BCUT2D eigenvalue weighted by Gasteiger charge is -2.12. The van der Waals surface area contributed by atoms with Gasteiger partial charge in [0.25, 0.3) is 0 Å². The molecule has 4 rings (SSSR count). The molecule has 0 atom stereocenters. The Kier molecular flexibility index (Phi) is 16.6. The number of rotatable bonds is 2. The lowest BCUT2D eigenvalue weighted by molar-refractivity contribution is -0.137. The molecule has 0 bridgehead atoms. The Balaban J connectivity index is 0.000000571. The van der Waals surface area contributed by atoms with Crippen LogP contribution in [0.5, 0.6) is 46.0 Å². The van der Waals surface area contributed by atoms with Crippen LogP contribution in [-0.4, -0.2) is 40.9 Å². The quantitative estimate of drug-likeness (QED) is 0.101. The van der Waals surface area contributed by atoms with E-state index in [2.05, 4.69) is 0 Å². The van der Waals surface area contributed by atoms with Crippen molar-refractivity contribution < 1.29 is 54.0 Å². The fraction of sp³-hybridized carbons (Fsp3) is 0.294. The van der Waals surface area contributed by atoms with E-state index in [0.717, 1.165) is 47.5 Å². The van der Waals surface area contributed by atoms with Crippen LogP contribution in [0.2, 0.25) is 0 Å². The Morgan fingerprint density at radius 3 is 1.11 bits per heavy atom. The van der Waals surface area contributed by atoms with Crippen LogP contribution < -0.4 is 0 Å². The summed E-state index contributed by atoms with van der Waals surface area (Å²) in [5.74, 6) is -0.483. The molecule has 248 valence electrons. The molecule has 11 heteroatoms. The Morgan fingerprint density at radius 2 is 0.822 bits per heavy atom. The van der Waals surface area contributed by atoms with Crippen molar-refractivity contribution >= 4 is 0 Å². The summed E-state index contributed by atoms with van der Waals surface area (Å²) < 4.78 is 37.2. The number of aromatic hydroxyl groups is 8. The van der Waals surface area contributed by atoms with Crippen molar-refractivity contribution in [2.24, 2.45) is 0 Å². The van der Waals surface area contributed by atoms with Crippen molar-refractivity contribution in [2.45, 2.75) is 66.5 Å². The number of benzene rings is 4. The van der Waals surface area contributed by atoms with Crippen LogP contribution >= 0.6 is 0 Å². The van der Waals surface area contributed by atoms with Crippen molar-refractivity contribution in [3.8, 4) is 46.0 Å². The molecule has 4 aromatic rings. The maximum atomic E-state index is 12.4. The number of alkyl halides is 3. The van der Waals surface area contributed by atoms with E-state index in [0.29, 0.717) is 11.5 Å². The minimum absolute atomic E-state index is 0.0452. The van der Waals surface area contributed by atoms with Crippen LogP contribution in [0.3, 0.4) is 0 Å². The molecule has 0 saturated carbocycles. The third-order valence-electron chi connectivity index (χ3n) is 5.53. The third kappa shape index (κ3) is 15.9. The van der Waals surface area contributed by atoms with Gasteiger partial charge in [0, 0.05) is 36.4 Å². The van der Waals surface area contributed by atoms with Gasteiger partial charge in [-0.2, -0.15) is 13.2 Å². The Hall–Kier alpha value is -4.93. The average Bonchev–Trinajstić information content (AvgIpc) is 2.90. The lowest BCUT2D eigenvalue weighted by Crippen LogP contribution is -2.06. The highest BCUT2D eigenvalue weighted by Gasteiger charge is 2.31. The molecule has 45 heavy (non-hydrogen) atoms. The van der Waals surface area contributed by atoms with Crippen molar-refractivity contribution in [3.63, 3.8) is 0 Å². The van der Waals surface area contributed by atoms with E-state index in [1.807, 2.05) is 41.5 Å². The fourth-order valence-electron chi connectivity index (χ4n) is 3.37. The van der Waals surface area contributed by atoms with Crippen LogP contribution in [0, 0.1) is 6.92 Å². The summed E-state index contributed by atoms with van der Waals surface area (Å²) in [5.41, 5.74) is 1.86. The Morgan fingerprint density at radius 1 is 0.467 bits per heavy atom. The molecule has 0 aromatic heterocycles. The molecule has 0 fully saturated rings. The summed E-state index contributed by atoms with van der Waals surface area (Å²) >= 11 is 0. The second-order valence-electron chi connectivity index (χ2n) is 10.1. The van der Waals surface area contributed by atoms with Gasteiger partial charge in [0.15, 0.2) is 11.5 Å². The van der Waals surface area contributed by atoms with E-state index in [1.165, 1.54) is 18.2 Å². The minimum atomic E-state index is -4.24. The molecule has 0 aliphatic heterocycles. The maximum absolute atomic E-state index is 12.4. The van der Waals surface area contributed by atoms with Crippen molar-refractivity contribution in [1.29, 1.82) is 0 Å². The average molecular weight is 637 g/mol. The van der Waals surface area contributed by atoms with Crippen LogP contribution in [0.4, 0.5) is 13.2 Å². The maximum Gasteiger partial charge on any atom is 0.416 e. The highest BCUT2D eigenvalue weighted by atomic mass is 19.4. The predicted molar refractivity (Wildman–Crippen MR) is 168 cm³/mol. The highest BCUT2D eigenvalue weighted by Crippen LogP contribution is 2.32. The van der Waals surface area contributed by atoms with Gasteiger partial charge in [-0.05, 0) is 54.2 Å². The number of phenolic OH excluding ortho intramolecular Hbond substituents is 8. The number of hydrogen-bond donors (Lipinski definition) is 8. The van der Waals surface area contributed by atoms with Crippen molar-refractivity contribution in [2.75, 3.05) is 0 Å². The summed E-state index contributed by atoms with van der Waals surface area (Å²) in [6.07, 6.45) is -4.24. The van der Waals surface area contributed by atoms with Gasteiger partial charge in [-0.25, -0.2) is 0 Å². The largest absolute Gasteiger partial charge is 0.508 e. The molecule has 0 unspecified atom stereocenters. The van der Waals surface area contributed by atoms with E-state index in [4.69, 9.17) is 40.9 Å². The van der Waals surface area contributed by atoms with Crippen LogP contribution in [0.25, 0.3) is 0 Å². The molecule has 0 aliphatic rings. The second kappa shape index (κ2) is 18.7. The molecule has 0 amide bonds. The molecule has 4 aromatic carbocycles. The molecule has 0 radical (unpaired) electrons. The molecule has 0 saturated heterocycles. The second-order valence-corrected chi connectivity index (χ2v) is 10.1. The zero-order valence-corrected chi connectivity index (χ0v) is 26.3. The topological polar surface area (TPSA) is 162 Å². The van der Waals surface area contributed by atoms with Gasteiger partial charge in [-0.15, -0.1) is 0 Å².